The fourth-order valence-corrected chi connectivity index (χ4v) is 3.09. The van der Waals surface area contributed by atoms with Gasteiger partial charge in [-0.3, -0.25) is 0 Å². The van der Waals surface area contributed by atoms with Crippen LogP contribution in [0.2, 0.25) is 0 Å². The molecule has 1 nitrogen and oxygen atoms in total. The van der Waals surface area contributed by atoms with E-state index < -0.39 is 0 Å². The van der Waals surface area contributed by atoms with Crippen LogP contribution in [0.4, 0.5) is 0 Å². The van der Waals surface area contributed by atoms with Crippen LogP contribution < -0.4 is 0 Å². The second-order valence-corrected chi connectivity index (χ2v) is 5.24. The lowest BCUT2D eigenvalue weighted by atomic mass is 9.99. The summed E-state index contributed by atoms with van der Waals surface area (Å²) in [6.07, 6.45) is 1.64. The third-order valence-corrected chi connectivity index (χ3v) is 4.13. The average Bonchev–Trinajstić information content (AvgIpc) is 2.83. The van der Waals surface area contributed by atoms with Gasteiger partial charge >= 0.3 is 0 Å². The van der Waals surface area contributed by atoms with Crippen LogP contribution in [0.3, 0.4) is 0 Å². The maximum atomic E-state index is 6.57. The van der Waals surface area contributed by atoms with Gasteiger partial charge in [0.2, 0.25) is 0 Å². The number of hydrogen-bond donors (Lipinski definition) is 0. The van der Waals surface area contributed by atoms with E-state index in [-0.39, 0.29) is 5.38 Å². The molecule has 0 saturated carbocycles. The van der Waals surface area contributed by atoms with E-state index in [1.807, 2.05) is 24.3 Å². The first-order valence-electron chi connectivity index (χ1n) is 5.62. The summed E-state index contributed by atoms with van der Waals surface area (Å²) in [5.41, 5.74) is 2.05. The molecule has 0 aliphatic heterocycles. The van der Waals surface area contributed by atoms with Gasteiger partial charge < -0.3 is 4.42 Å². The van der Waals surface area contributed by atoms with Gasteiger partial charge in [0.05, 0.1) is 11.6 Å². The normalized spacial score (nSPS) is 12.8. The average molecular weight is 322 g/mol. The minimum atomic E-state index is -0.218. The largest absolute Gasteiger partial charge is 0.457 e. The summed E-state index contributed by atoms with van der Waals surface area (Å²) in [6.45, 7) is 0. The van der Waals surface area contributed by atoms with E-state index in [4.69, 9.17) is 16.0 Å². The Balaban J connectivity index is 2.18. The van der Waals surface area contributed by atoms with Gasteiger partial charge in [0.25, 0.3) is 0 Å². The molecule has 1 atom stereocenters. The van der Waals surface area contributed by atoms with Gasteiger partial charge in [-0.15, -0.1) is 11.6 Å². The zero-order valence-corrected chi connectivity index (χ0v) is 11.8. The van der Waals surface area contributed by atoms with E-state index in [0.29, 0.717) is 4.67 Å². The summed E-state index contributed by atoms with van der Waals surface area (Å²) < 4.78 is 5.94. The lowest BCUT2D eigenvalue weighted by Crippen LogP contribution is -1.93. The molecule has 0 amide bonds. The van der Waals surface area contributed by atoms with Gasteiger partial charge in [0, 0.05) is 5.56 Å². The number of rotatable bonds is 2. The van der Waals surface area contributed by atoms with Crippen molar-refractivity contribution >= 4 is 38.3 Å². The van der Waals surface area contributed by atoms with Crippen LogP contribution in [0.5, 0.6) is 0 Å². The van der Waals surface area contributed by atoms with Crippen molar-refractivity contribution in [1.82, 2.24) is 0 Å². The topological polar surface area (TPSA) is 13.1 Å². The van der Waals surface area contributed by atoms with E-state index in [2.05, 4.69) is 40.2 Å². The standard InChI is InChI=1S/C15H10BrClO/c16-15-13(8-9-18-15)14(17)12-7-3-5-10-4-1-2-6-11(10)12/h1-9,14H. The van der Waals surface area contributed by atoms with Crippen LogP contribution in [0.15, 0.2) is 63.9 Å². The van der Waals surface area contributed by atoms with Crippen LogP contribution in [-0.2, 0) is 0 Å². The number of benzene rings is 2. The highest BCUT2D eigenvalue weighted by molar-refractivity contribution is 9.10. The Bertz CT molecular complexity index is 684. The molecule has 3 aromatic rings. The fraction of sp³-hybridized carbons (Fsp3) is 0.0667. The molecule has 1 aromatic heterocycles. The zero-order valence-electron chi connectivity index (χ0n) is 9.44. The van der Waals surface area contributed by atoms with Gasteiger partial charge in [-0.05, 0) is 38.3 Å². The maximum absolute atomic E-state index is 6.57. The first-order valence-corrected chi connectivity index (χ1v) is 6.85. The molecule has 0 N–H and O–H groups in total. The Kier molecular flexibility index (Phi) is 3.14. The minimum absolute atomic E-state index is 0.218. The van der Waals surface area contributed by atoms with Crippen molar-refractivity contribution in [3.63, 3.8) is 0 Å². The number of furan rings is 1. The molecule has 90 valence electrons. The molecule has 0 spiro atoms. The minimum Gasteiger partial charge on any atom is -0.457 e. The molecule has 18 heavy (non-hydrogen) atoms. The Morgan fingerprint density at radius 1 is 0.944 bits per heavy atom. The summed E-state index contributed by atoms with van der Waals surface area (Å²) in [5, 5.41) is 2.15. The fourth-order valence-electron chi connectivity index (χ4n) is 2.12. The van der Waals surface area contributed by atoms with Gasteiger partial charge in [-0.1, -0.05) is 42.5 Å². The highest BCUT2D eigenvalue weighted by Gasteiger charge is 2.17. The molecule has 0 saturated heterocycles. The molecular formula is C15H10BrClO. The van der Waals surface area contributed by atoms with Crippen molar-refractivity contribution in [1.29, 1.82) is 0 Å². The van der Waals surface area contributed by atoms with Crippen LogP contribution in [0.1, 0.15) is 16.5 Å². The predicted molar refractivity (Wildman–Crippen MR) is 78.1 cm³/mol. The first kappa shape index (κ1) is 11.8. The van der Waals surface area contributed by atoms with Crippen molar-refractivity contribution < 1.29 is 4.42 Å². The highest BCUT2D eigenvalue weighted by atomic mass is 79.9. The SMILES string of the molecule is ClC(c1ccoc1Br)c1cccc2ccccc12. The second kappa shape index (κ2) is 4.79. The Hall–Kier alpha value is -1.25. The van der Waals surface area contributed by atoms with Crippen LogP contribution in [-0.4, -0.2) is 0 Å². The number of alkyl halides is 1. The quantitative estimate of drug-likeness (QED) is 0.566. The van der Waals surface area contributed by atoms with Crippen LogP contribution >= 0.6 is 27.5 Å². The van der Waals surface area contributed by atoms with Gasteiger partial charge in [0.1, 0.15) is 0 Å². The number of halogens is 2. The van der Waals surface area contributed by atoms with Crippen molar-refractivity contribution in [2.45, 2.75) is 5.38 Å². The van der Waals surface area contributed by atoms with E-state index >= 15 is 0 Å². The number of fused-ring (bicyclic) bond motifs is 1. The van der Waals surface area contributed by atoms with Gasteiger partial charge in [-0.25, -0.2) is 0 Å². The smallest absolute Gasteiger partial charge is 0.173 e. The summed E-state index contributed by atoms with van der Waals surface area (Å²) in [7, 11) is 0. The van der Waals surface area contributed by atoms with E-state index in [1.165, 1.54) is 10.8 Å². The molecule has 3 heteroatoms. The Morgan fingerprint density at radius 2 is 1.72 bits per heavy atom. The van der Waals surface area contributed by atoms with Crippen molar-refractivity contribution in [2.75, 3.05) is 0 Å². The van der Waals surface area contributed by atoms with E-state index in [1.54, 1.807) is 6.26 Å². The van der Waals surface area contributed by atoms with Gasteiger partial charge in [0.15, 0.2) is 4.67 Å². The second-order valence-electron chi connectivity index (χ2n) is 4.08. The van der Waals surface area contributed by atoms with Gasteiger partial charge in [-0.2, -0.15) is 0 Å². The summed E-state index contributed by atoms with van der Waals surface area (Å²) >= 11 is 9.94. The van der Waals surface area contributed by atoms with E-state index in [9.17, 15) is 0 Å². The lowest BCUT2D eigenvalue weighted by Gasteiger charge is -2.11. The molecule has 0 radical (unpaired) electrons. The Labute approximate surface area is 119 Å². The van der Waals surface area contributed by atoms with Crippen molar-refractivity contribution in [3.8, 4) is 0 Å². The summed E-state index contributed by atoms with van der Waals surface area (Å²) in [4.78, 5) is 0. The molecule has 0 aliphatic carbocycles. The molecular weight excluding hydrogens is 312 g/mol. The monoisotopic (exact) mass is 320 g/mol. The molecule has 3 rings (SSSR count). The molecule has 0 bridgehead atoms. The highest BCUT2D eigenvalue weighted by Crippen LogP contribution is 2.37. The first-order chi connectivity index (χ1) is 8.77. The molecule has 2 aromatic carbocycles. The summed E-state index contributed by atoms with van der Waals surface area (Å²) in [5.74, 6) is 0. The molecule has 0 fully saturated rings. The maximum Gasteiger partial charge on any atom is 0.173 e. The summed E-state index contributed by atoms with van der Waals surface area (Å²) in [6, 6.07) is 16.3. The van der Waals surface area contributed by atoms with Crippen molar-refractivity contribution in [2.24, 2.45) is 0 Å². The zero-order chi connectivity index (χ0) is 12.5. The van der Waals surface area contributed by atoms with Crippen LogP contribution in [0, 0.1) is 0 Å². The lowest BCUT2D eigenvalue weighted by molar-refractivity contribution is 0.537. The third-order valence-electron chi connectivity index (χ3n) is 3.02. The number of hydrogen-bond acceptors (Lipinski definition) is 1. The Morgan fingerprint density at radius 3 is 2.50 bits per heavy atom. The molecule has 1 heterocycles. The molecule has 1 unspecified atom stereocenters. The third kappa shape index (κ3) is 1.96. The van der Waals surface area contributed by atoms with E-state index in [0.717, 1.165) is 11.1 Å². The molecule has 0 aliphatic rings. The predicted octanol–water partition coefficient (Wildman–Crippen LogP) is 5.52. The van der Waals surface area contributed by atoms with Crippen LogP contribution in [0.25, 0.3) is 10.8 Å². The van der Waals surface area contributed by atoms with Crippen molar-refractivity contribution in [3.05, 3.63) is 70.6 Å².